The Kier molecular flexibility index (Phi) is 6.31. The van der Waals surface area contributed by atoms with E-state index in [1.54, 1.807) is 0 Å². The molecule has 0 aromatic carbocycles. The van der Waals surface area contributed by atoms with E-state index in [2.05, 4.69) is 27.7 Å². The van der Waals surface area contributed by atoms with Crippen LogP contribution in [0.5, 0.6) is 0 Å². The average Bonchev–Trinajstić information content (AvgIpc) is 2.17. The molecular formula is C13H25NO2. The summed E-state index contributed by atoms with van der Waals surface area (Å²) in [5.74, 6) is 0.460. The van der Waals surface area contributed by atoms with E-state index in [-0.39, 0.29) is 17.7 Å². The number of nitrogens with zero attached hydrogens (tertiary/aromatic N) is 1. The SMILES string of the molecule is CCCN(CC(C)(C)C(C)C)C(=O)CC=O. The summed E-state index contributed by atoms with van der Waals surface area (Å²) in [6.07, 6.45) is 1.63. The second-order valence-corrected chi connectivity index (χ2v) is 5.33. The minimum atomic E-state index is -0.0504. The van der Waals surface area contributed by atoms with Gasteiger partial charge in [-0.15, -0.1) is 0 Å². The standard InChI is InChI=1S/C13H25NO2/c1-6-8-14(12(16)7-9-15)10-13(4,5)11(2)3/h9,11H,6-8,10H2,1-5H3. The molecule has 0 atom stereocenters. The Morgan fingerprint density at radius 3 is 2.31 bits per heavy atom. The van der Waals surface area contributed by atoms with Crippen molar-refractivity contribution < 1.29 is 9.59 Å². The van der Waals surface area contributed by atoms with E-state index in [4.69, 9.17) is 0 Å². The molecule has 0 N–H and O–H groups in total. The summed E-state index contributed by atoms with van der Waals surface area (Å²) < 4.78 is 0. The Morgan fingerprint density at radius 1 is 1.38 bits per heavy atom. The topological polar surface area (TPSA) is 37.4 Å². The van der Waals surface area contributed by atoms with Crippen molar-refractivity contribution in [3.05, 3.63) is 0 Å². The van der Waals surface area contributed by atoms with Gasteiger partial charge in [0.15, 0.2) is 0 Å². The first-order chi connectivity index (χ1) is 7.35. The van der Waals surface area contributed by atoms with Crippen molar-refractivity contribution in [1.82, 2.24) is 4.90 Å². The molecule has 0 fully saturated rings. The average molecular weight is 227 g/mol. The van der Waals surface area contributed by atoms with Crippen molar-refractivity contribution in [3.63, 3.8) is 0 Å². The Morgan fingerprint density at radius 2 is 1.94 bits per heavy atom. The summed E-state index contributed by atoms with van der Waals surface area (Å²) >= 11 is 0. The van der Waals surface area contributed by atoms with E-state index in [0.29, 0.717) is 12.2 Å². The van der Waals surface area contributed by atoms with Gasteiger partial charge >= 0.3 is 0 Å². The minimum Gasteiger partial charge on any atom is -0.342 e. The highest BCUT2D eigenvalue weighted by atomic mass is 16.2. The van der Waals surface area contributed by atoms with Gasteiger partial charge in [0, 0.05) is 13.1 Å². The van der Waals surface area contributed by atoms with Crippen molar-refractivity contribution in [3.8, 4) is 0 Å². The lowest BCUT2D eigenvalue weighted by Crippen LogP contribution is -2.41. The lowest BCUT2D eigenvalue weighted by molar-refractivity contribution is -0.134. The van der Waals surface area contributed by atoms with Gasteiger partial charge in [-0.05, 0) is 17.8 Å². The van der Waals surface area contributed by atoms with E-state index < -0.39 is 0 Å². The molecule has 16 heavy (non-hydrogen) atoms. The zero-order valence-corrected chi connectivity index (χ0v) is 11.2. The van der Waals surface area contributed by atoms with E-state index in [0.717, 1.165) is 19.5 Å². The van der Waals surface area contributed by atoms with Gasteiger partial charge in [0.25, 0.3) is 0 Å². The van der Waals surface area contributed by atoms with Crippen molar-refractivity contribution >= 4 is 12.2 Å². The van der Waals surface area contributed by atoms with Crippen LogP contribution in [0.4, 0.5) is 0 Å². The summed E-state index contributed by atoms with van der Waals surface area (Å²) in [7, 11) is 0. The molecule has 1 amide bonds. The number of rotatable bonds is 7. The fourth-order valence-corrected chi connectivity index (χ4v) is 1.44. The van der Waals surface area contributed by atoms with Crippen LogP contribution in [0, 0.1) is 11.3 Å². The number of carbonyl (C=O) groups is 2. The van der Waals surface area contributed by atoms with Gasteiger partial charge in [0.05, 0.1) is 6.42 Å². The largest absolute Gasteiger partial charge is 0.342 e. The van der Waals surface area contributed by atoms with Crippen molar-refractivity contribution in [2.24, 2.45) is 11.3 Å². The first-order valence-corrected chi connectivity index (χ1v) is 6.06. The number of carbonyl (C=O) groups excluding carboxylic acids is 2. The number of hydrogen-bond donors (Lipinski definition) is 0. The second kappa shape index (κ2) is 6.66. The zero-order chi connectivity index (χ0) is 12.8. The van der Waals surface area contributed by atoms with Crippen LogP contribution < -0.4 is 0 Å². The minimum absolute atomic E-state index is 0.00811. The Balaban J connectivity index is 4.55. The van der Waals surface area contributed by atoms with E-state index in [1.807, 2.05) is 11.8 Å². The van der Waals surface area contributed by atoms with Crippen molar-refractivity contribution in [2.75, 3.05) is 13.1 Å². The highest BCUT2D eigenvalue weighted by molar-refractivity contribution is 5.88. The Bertz CT molecular complexity index is 234. The normalized spacial score (nSPS) is 11.6. The first kappa shape index (κ1) is 15.1. The maximum absolute atomic E-state index is 11.7. The van der Waals surface area contributed by atoms with Gasteiger partial charge in [0.1, 0.15) is 6.29 Å². The molecule has 0 radical (unpaired) electrons. The third-order valence-electron chi connectivity index (χ3n) is 3.27. The van der Waals surface area contributed by atoms with Crippen LogP contribution in [0.25, 0.3) is 0 Å². The zero-order valence-electron chi connectivity index (χ0n) is 11.2. The van der Waals surface area contributed by atoms with Crippen LogP contribution in [0.15, 0.2) is 0 Å². The molecule has 0 saturated heterocycles. The molecule has 0 unspecified atom stereocenters. The molecule has 3 heteroatoms. The van der Waals surface area contributed by atoms with Gasteiger partial charge in [-0.3, -0.25) is 4.79 Å². The first-order valence-electron chi connectivity index (χ1n) is 6.06. The molecule has 0 saturated carbocycles. The van der Waals surface area contributed by atoms with E-state index in [1.165, 1.54) is 0 Å². The molecule has 94 valence electrons. The molecule has 0 bridgehead atoms. The number of amides is 1. The van der Waals surface area contributed by atoms with Crippen LogP contribution in [0.3, 0.4) is 0 Å². The van der Waals surface area contributed by atoms with Gasteiger partial charge in [-0.25, -0.2) is 0 Å². The van der Waals surface area contributed by atoms with Crippen molar-refractivity contribution in [1.29, 1.82) is 0 Å². The summed E-state index contributed by atoms with van der Waals surface area (Å²) in [4.78, 5) is 23.9. The van der Waals surface area contributed by atoms with E-state index >= 15 is 0 Å². The monoisotopic (exact) mass is 227 g/mol. The van der Waals surface area contributed by atoms with Crippen molar-refractivity contribution in [2.45, 2.75) is 47.5 Å². The second-order valence-electron chi connectivity index (χ2n) is 5.33. The highest BCUT2D eigenvalue weighted by Crippen LogP contribution is 2.27. The third-order valence-corrected chi connectivity index (χ3v) is 3.27. The Hall–Kier alpha value is -0.860. The molecule has 0 aromatic heterocycles. The molecule has 0 aromatic rings. The predicted octanol–water partition coefficient (Wildman–Crippen LogP) is 2.50. The maximum atomic E-state index is 11.7. The predicted molar refractivity (Wildman–Crippen MR) is 66.2 cm³/mol. The van der Waals surface area contributed by atoms with Gasteiger partial charge in [-0.2, -0.15) is 0 Å². The molecule has 0 aliphatic heterocycles. The van der Waals surface area contributed by atoms with Crippen LogP contribution in [-0.4, -0.2) is 30.2 Å². The fourth-order valence-electron chi connectivity index (χ4n) is 1.44. The summed E-state index contributed by atoms with van der Waals surface area (Å²) in [5, 5.41) is 0. The molecule has 0 heterocycles. The molecule has 0 rings (SSSR count). The molecular weight excluding hydrogens is 202 g/mol. The molecule has 0 spiro atoms. The van der Waals surface area contributed by atoms with Gasteiger partial charge in [0.2, 0.25) is 5.91 Å². The summed E-state index contributed by atoms with van der Waals surface area (Å²) in [6.45, 7) is 12.2. The summed E-state index contributed by atoms with van der Waals surface area (Å²) in [5.41, 5.74) is 0.0910. The third kappa shape index (κ3) is 4.77. The lowest BCUT2D eigenvalue weighted by Gasteiger charge is -2.35. The smallest absolute Gasteiger partial charge is 0.229 e. The molecule has 0 aliphatic rings. The molecule has 0 aliphatic carbocycles. The number of aldehydes is 1. The Labute approximate surface area is 99.2 Å². The van der Waals surface area contributed by atoms with Gasteiger partial charge < -0.3 is 9.69 Å². The van der Waals surface area contributed by atoms with Crippen LogP contribution in [0.1, 0.15) is 47.5 Å². The maximum Gasteiger partial charge on any atom is 0.229 e. The molecule has 3 nitrogen and oxygen atoms in total. The fraction of sp³-hybridized carbons (Fsp3) is 0.846. The van der Waals surface area contributed by atoms with Gasteiger partial charge in [-0.1, -0.05) is 34.6 Å². The lowest BCUT2D eigenvalue weighted by atomic mass is 9.80. The summed E-state index contributed by atoms with van der Waals surface area (Å²) in [6, 6.07) is 0. The van der Waals surface area contributed by atoms with E-state index in [9.17, 15) is 9.59 Å². The quantitative estimate of drug-likeness (QED) is 0.495. The van der Waals surface area contributed by atoms with Crippen LogP contribution in [-0.2, 0) is 9.59 Å². The number of hydrogen-bond acceptors (Lipinski definition) is 2. The highest BCUT2D eigenvalue weighted by Gasteiger charge is 2.27. The van der Waals surface area contributed by atoms with Crippen LogP contribution >= 0.6 is 0 Å². The van der Waals surface area contributed by atoms with Crippen LogP contribution in [0.2, 0.25) is 0 Å².